The number of benzene rings is 2. The third kappa shape index (κ3) is 6.58. The lowest BCUT2D eigenvalue weighted by Crippen LogP contribution is -2.26. The lowest BCUT2D eigenvalue weighted by Gasteiger charge is -2.07. The number of hydrazone groups is 1. The molecule has 0 unspecified atom stereocenters. The minimum absolute atomic E-state index is 0.000187. The van der Waals surface area contributed by atoms with Crippen molar-refractivity contribution < 1.29 is 19.2 Å². The van der Waals surface area contributed by atoms with Crippen molar-refractivity contribution in [3.05, 3.63) is 64.7 Å². The smallest absolute Gasteiger partial charge is 0.310 e. The summed E-state index contributed by atoms with van der Waals surface area (Å²) in [6.07, 6.45) is 0.000187. The van der Waals surface area contributed by atoms with Gasteiger partial charge in [0.1, 0.15) is 0 Å². The molecule has 0 saturated heterocycles. The van der Waals surface area contributed by atoms with Gasteiger partial charge in [0.2, 0.25) is 5.91 Å². The Hall–Kier alpha value is -3.75. The number of nitro benzene ring substituents is 1. The first kappa shape index (κ1) is 19.6. The first-order chi connectivity index (χ1) is 13.0. The number of nitro groups is 1. The maximum absolute atomic E-state index is 11.9. The fourth-order valence-electron chi connectivity index (χ4n) is 2.06. The van der Waals surface area contributed by atoms with Gasteiger partial charge < -0.3 is 10.1 Å². The molecule has 0 aliphatic rings. The van der Waals surface area contributed by atoms with E-state index >= 15 is 0 Å². The van der Waals surface area contributed by atoms with Crippen molar-refractivity contribution >= 4 is 28.9 Å². The van der Waals surface area contributed by atoms with Crippen molar-refractivity contribution in [1.82, 2.24) is 5.43 Å². The molecule has 0 saturated carbocycles. The van der Waals surface area contributed by atoms with E-state index in [0.717, 1.165) is 0 Å². The van der Waals surface area contributed by atoms with Crippen LogP contribution < -0.4 is 15.5 Å². The monoisotopic (exact) mass is 370 g/mol. The summed E-state index contributed by atoms with van der Waals surface area (Å²) >= 11 is 0. The molecule has 9 nitrogen and oxygen atoms in total. The summed E-state index contributed by atoms with van der Waals surface area (Å²) in [6, 6.07) is 14.7. The normalized spacial score (nSPS) is 10.8. The molecule has 2 amide bonds. The van der Waals surface area contributed by atoms with Crippen LogP contribution in [0.25, 0.3) is 0 Å². The van der Waals surface area contributed by atoms with Gasteiger partial charge in [-0.05, 0) is 25.1 Å². The summed E-state index contributed by atoms with van der Waals surface area (Å²) in [5.74, 6) is -0.885. The molecule has 140 valence electrons. The fraction of sp³-hybridized carbons (Fsp3) is 0.167. The highest BCUT2D eigenvalue weighted by molar-refractivity contribution is 6.05. The van der Waals surface area contributed by atoms with Crippen molar-refractivity contribution in [2.24, 2.45) is 5.10 Å². The van der Waals surface area contributed by atoms with Crippen LogP contribution in [0.1, 0.15) is 13.3 Å². The van der Waals surface area contributed by atoms with Gasteiger partial charge in [0.25, 0.3) is 5.91 Å². The number of rotatable bonds is 8. The second-order valence-electron chi connectivity index (χ2n) is 5.49. The molecule has 9 heteroatoms. The van der Waals surface area contributed by atoms with Crippen LogP contribution in [0.2, 0.25) is 0 Å². The lowest BCUT2D eigenvalue weighted by atomic mass is 10.2. The molecule has 2 N–H and O–H groups in total. The first-order valence-electron chi connectivity index (χ1n) is 7.99. The summed E-state index contributed by atoms with van der Waals surface area (Å²) < 4.78 is 5.15. The molecule has 0 aliphatic carbocycles. The third-order valence-corrected chi connectivity index (χ3v) is 3.27. The summed E-state index contributed by atoms with van der Waals surface area (Å²) in [6.45, 7) is 1.14. The van der Waals surface area contributed by atoms with Crippen molar-refractivity contribution in [3.8, 4) is 5.75 Å². The van der Waals surface area contributed by atoms with E-state index < -0.39 is 17.4 Å². The van der Waals surface area contributed by atoms with Crippen LogP contribution in [-0.4, -0.2) is 29.1 Å². The highest BCUT2D eigenvalue weighted by Crippen LogP contribution is 2.25. The van der Waals surface area contributed by atoms with Gasteiger partial charge in [0.15, 0.2) is 12.4 Å². The summed E-state index contributed by atoms with van der Waals surface area (Å²) in [5, 5.41) is 17.4. The van der Waals surface area contributed by atoms with Gasteiger partial charge in [-0.2, -0.15) is 5.10 Å². The molecule has 0 aliphatic heterocycles. The van der Waals surface area contributed by atoms with Crippen LogP contribution >= 0.6 is 0 Å². The fourth-order valence-corrected chi connectivity index (χ4v) is 2.06. The van der Waals surface area contributed by atoms with Crippen LogP contribution in [0.15, 0.2) is 59.7 Å². The molecule has 27 heavy (non-hydrogen) atoms. The molecule has 0 atom stereocenters. The molecule has 2 rings (SSSR count). The predicted octanol–water partition coefficient (Wildman–Crippen LogP) is 2.49. The molecular formula is C18H18N4O5. The molecule has 0 bridgehead atoms. The number of hydrogen-bond donors (Lipinski definition) is 2. The number of carbonyl (C=O) groups is 2. The van der Waals surface area contributed by atoms with Crippen LogP contribution in [0.5, 0.6) is 5.75 Å². The van der Waals surface area contributed by atoms with E-state index in [1.54, 1.807) is 37.3 Å². The molecule has 0 heterocycles. The maximum atomic E-state index is 11.9. The van der Waals surface area contributed by atoms with Gasteiger partial charge in [-0.15, -0.1) is 0 Å². The van der Waals surface area contributed by atoms with Crippen molar-refractivity contribution in [2.45, 2.75) is 13.3 Å². The van der Waals surface area contributed by atoms with Gasteiger partial charge in [0, 0.05) is 17.5 Å². The predicted molar refractivity (Wildman–Crippen MR) is 99.5 cm³/mol. The van der Waals surface area contributed by atoms with Crippen LogP contribution in [0, 0.1) is 10.1 Å². The Kier molecular flexibility index (Phi) is 7.00. The molecular weight excluding hydrogens is 352 g/mol. The number of para-hydroxylation sites is 3. The number of nitrogens with one attached hydrogen (secondary N) is 2. The Morgan fingerprint density at radius 2 is 1.74 bits per heavy atom. The Labute approximate surface area is 155 Å². The van der Waals surface area contributed by atoms with Crippen molar-refractivity contribution in [3.63, 3.8) is 0 Å². The van der Waals surface area contributed by atoms with E-state index in [9.17, 15) is 19.7 Å². The van der Waals surface area contributed by atoms with E-state index in [1.807, 2.05) is 6.07 Å². The second kappa shape index (κ2) is 9.66. The third-order valence-electron chi connectivity index (χ3n) is 3.27. The molecule has 0 radical (unpaired) electrons. The molecule has 0 aromatic heterocycles. The van der Waals surface area contributed by atoms with E-state index in [4.69, 9.17) is 4.74 Å². The highest BCUT2D eigenvalue weighted by atomic mass is 16.6. The zero-order valence-corrected chi connectivity index (χ0v) is 14.5. The van der Waals surface area contributed by atoms with Gasteiger partial charge in [-0.3, -0.25) is 19.7 Å². The van der Waals surface area contributed by atoms with Gasteiger partial charge in [-0.1, -0.05) is 30.3 Å². The Bertz CT molecular complexity index is 852. The van der Waals surface area contributed by atoms with E-state index in [-0.39, 0.29) is 23.8 Å². The number of amides is 2. The highest BCUT2D eigenvalue weighted by Gasteiger charge is 2.14. The van der Waals surface area contributed by atoms with Gasteiger partial charge >= 0.3 is 5.69 Å². The molecule has 2 aromatic carbocycles. The van der Waals surface area contributed by atoms with E-state index in [1.165, 1.54) is 18.2 Å². The molecule has 2 aromatic rings. The zero-order valence-electron chi connectivity index (χ0n) is 14.5. The van der Waals surface area contributed by atoms with Crippen LogP contribution in [0.4, 0.5) is 11.4 Å². The summed E-state index contributed by atoms with van der Waals surface area (Å²) in [7, 11) is 0. The van der Waals surface area contributed by atoms with Crippen LogP contribution in [0.3, 0.4) is 0 Å². The molecule has 0 fully saturated rings. The SMILES string of the molecule is C/C(CC(=O)Nc1ccccc1)=N/NC(=O)COc1ccccc1[N+](=O)[O-]. The second-order valence-corrected chi connectivity index (χ2v) is 5.49. The topological polar surface area (TPSA) is 123 Å². The Morgan fingerprint density at radius 1 is 1.07 bits per heavy atom. The standard InChI is InChI=1S/C18H18N4O5/c1-13(11-17(23)19-14-7-3-2-4-8-14)20-21-18(24)12-27-16-10-6-5-9-15(16)22(25)26/h2-10H,11-12H2,1H3,(H,19,23)(H,21,24)/b20-13-. The van der Waals surface area contributed by atoms with E-state index in [2.05, 4.69) is 15.8 Å². The zero-order chi connectivity index (χ0) is 19.6. The quantitative estimate of drug-likeness (QED) is 0.420. The summed E-state index contributed by atoms with van der Waals surface area (Å²) in [5.41, 5.74) is 3.07. The minimum Gasteiger partial charge on any atom is -0.477 e. The average Bonchev–Trinajstić information content (AvgIpc) is 2.65. The first-order valence-corrected chi connectivity index (χ1v) is 7.99. The Balaban J connectivity index is 1.80. The van der Waals surface area contributed by atoms with Crippen molar-refractivity contribution in [1.29, 1.82) is 0 Å². The average molecular weight is 370 g/mol. The summed E-state index contributed by atoms with van der Waals surface area (Å²) in [4.78, 5) is 33.9. The Morgan fingerprint density at radius 3 is 2.44 bits per heavy atom. The molecule has 0 spiro atoms. The van der Waals surface area contributed by atoms with Crippen molar-refractivity contribution in [2.75, 3.05) is 11.9 Å². The minimum atomic E-state index is -0.601. The maximum Gasteiger partial charge on any atom is 0.310 e. The number of nitrogens with zero attached hydrogens (tertiary/aromatic N) is 2. The van der Waals surface area contributed by atoms with Gasteiger partial charge in [-0.25, -0.2) is 5.43 Å². The number of carbonyl (C=O) groups excluding carboxylic acids is 2. The number of hydrogen-bond acceptors (Lipinski definition) is 6. The van der Waals surface area contributed by atoms with Crippen LogP contribution in [-0.2, 0) is 9.59 Å². The number of anilines is 1. The van der Waals surface area contributed by atoms with Gasteiger partial charge in [0.05, 0.1) is 11.3 Å². The lowest BCUT2D eigenvalue weighted by molar-refractivity contribution is -0.385. The largest absolute Gasteiger partial charge is 0.477 e. The van der Waals surface area contributed by atoms with E-state index in [0.29, 0.717) is 11.4 Å². The number of ether oxygens (including phenoxy) is 1.